The molecule has 1 atom stereocenters. The number of halogens is 1. The molecule has 0 unspecified atom stereocenters. The van der Waals surface area contributed by atoms with E-state index in [4.69, 9.17) is 4.52 Å². The van der Waals surface area contributed by atoms with E-state index in [1.54, 1.807) is 23.2 Å². The van der Waals surface area contributed by atoms with Gasteiger partial charge >= 0.3 is 0 Å². The summed E-state index contributed by atoms with van der Waals surface area (Å²) in [5, 5.41) is 4.04. The largest absolute Gasteiger partial charge is 0.338 e. The van der Waals surface area contributed by atoms with Crippen LogP contribution in [0.2, 0.25) is 0 Å². The Kier molecular flexibility index (Phi) is 4.20. The molecule has 2 aromatic heterocycles. The second-order valence-corrected chi connectivity index (χ2v) is 6.45. The quantitative estimate of drug-likeness (QED) is 0.721. The molecule has 0 saturated carbocycles. The molecular weight excluding hydrogens is 335 g/mol. The Labute approximate surface area is 149 Å². The molecule has 4 rings (SSSR count). The van der Waals surface area contributed by atoms with Gasteiger partial charge in [0.15, 0.2) is 5.82 Å². The van der Waals surface area contributed by atoms with Gasteiger partial charge < -0.3 is 9.42 Å². The normalized spacial score (nSPS) is 17.1. The highest BCUT2D eigenvalue weighted by Gasteiger charge is 2.33. The van der Waals surface area contributed by atoms with Crippen molar-refractivity contribution in [2.75, 3.05) is 6.54 Å². The fraction of sp³-hybridized carbons (Fsp3) is 0.263. The highest BCUT2D eigenvalue weighted by atomic mass is 19.1. The van der Waals surface area contributed by atoms with E-state index in [0.717, 1.165) is 16.8 Å². The number of hydrogen-bond acceptors (Lipinski definition) is 5. The van der Waals surface area contributed by atoms with E-state index in [0.29, 0.717) is 31.2 Å². The first-order valence-electron chi connectivity index (χ1n) is 8.37. The van der Waals surface area contributed by atoms with Crippen LogP contribution < -0.4 is 0 Å². The maximum Gasteiger partial charge on any atom is 0.259 e. The second-order valence-electron chi connectivity index (χ2n) is 6.45. The number of pyridine rings is 1. The highest BCUT2D eigenvalue weighted by molar-refractivity contribution is 5.79. The Hall–Kier alpha value is -3.09. The number of hydrogen-bond donors (Lipinski definition) is 0. The predicted octanol–water partition coefficient (Wildman–Crippen LogP) is 3.10. The van der Waals surface area contributed by atoms with Crippen molar-refractivity contribution >= 4 is 5.91 Å². The Bertz CT molecular complexity index is 921. The predicted molar refractivity (Wildman–Crippen MR) is 91.4 cm³/mol. The molecule has 0 bridgehead atoms. The second kappa shape index (κ2) is 6.67. The van der Waals surface area contributed by atoms with E-state index in [-0.39, 0.29) is 17.6 Å². The zero-order chi connectivity index (χ0) is 18.1. The van der Waals surface area contributed by atoms with Crippen LogP contribution in [-0.4, -0.2) is 32.5 Å². The van der Waals surface area contributed by atoms with Gasteiger partial charge in [0.2, 0.25) is 5.91 Å². The molecule has 6 nitrogen and oxygen atoms in total. The Morgan fingerprint density at radius 2 is 2.04 bits per heavy atom. The van der Waals surface area contributed by atoms with Crippen LogP contribution in [0.25, 0.3) is 11.5 Å². The summed E-state index contributed by atoms with van der Waals surface area (Å²) in [6.45, 7) is 2.87. The van der Waals surface area contributed by atoms with Crippen LogP contribution in [0.3, 0.4) is 0 Å². The van der Waals surface area contributed by atoms with Gasteiger partial charge in [-0.05, 0) is 36.8 Å². The standard InChI is InChI=1S/C19H17FN4O2/c1-12-2-5-14(9-21-12)19-22-18(23-26-19)15-8-17(25)24(11-15)10-13-3-6-16(20)7-4-13/h2-7,9,15H,8,10-11H2,1H3/t15-/m1/s1. The van der Waals surface area contributed by atoms with Gasteiger partial charge in [-0.1, -0.05) is 17.3 Å². The number of benzene rings is 1. The number of rotatable bonds is 4. The van der Waals surface area contributed by atoms with Crippen molar-refractivity contribution in [1.82, 2.24) is 20.0 Å². The molecule has 1 fully saturated rings. The van der Waals surface area contributed by atoms with E-state index < -0.39 is 0 Å². The van der Waals surface area contributed by atoms with Gasteiger partial charge in [0, 0.05) is 37.3 Å². The van der Waals surface area contributed by atoms with Gasteiger partial charge in [0.1, 0.15) is 5.82 Å². The number of likely N-dealkylation sites (tertiary alicyclic amines) is 1. The molecule has 1 aliphatic rings. The molecule has 1 aromatic carbocycles. The fourth-order valence-corrected chi connectivity index (χ4v) is 3.02. The molecule has 1 saturated heterocycles. The Morgan fingerprint density at radius 3 is 2.77 bits per heavy atom. The van der Waals surface area contributed by atoms with Crippen LogP contribution in [-0.2, 0) is 11.3 Å². The highest BCUT2D eigenvalue weighted by Crippen LogP contribution is 2.29. The van der Waals surface area contributed by atoms with E-state index in [2.05, 4.69) is 15.1 Å². The first-order valence-corrected chi connectivity index (χ1v) is 8.37. The van der Waals surface area contributed by atoms with E-state index in [1.807, 2.05) is 19.1 Å². The van der Waals surface area contributed by atoms with Crippen molar-refractivity contribution in [2.24, 2.45) is 0 Å². The third kappa shape index (κ3) is 3.33. The van der Waals surface area contributed by atoms with Gasteiger partial charge in [0.25, 0.3) is 5.89 Å². The summed E-state index contributed by atoms with van der Waals surface area (Å²) in [5.74, 6) is 0.554. The van der Waals surface area contributed by atoms with Crippen LogP contribution >= 0.6 is 0 Å². The third-order valence-electron chi connectivity index (χ3n) is 4.47. The molecule has 0 spiro atoms. The van der Waals surface area contributed by atoms with Crippen molar-refractivity contribution in [1.29, 1.82) is 0 Å². The zero-order valence-corrected chi connectivity index (χ0v) is 14.2. The SMILES string of the molecule is Cc1ccc(-c2nc([C@@H]3CC(=O)N(Cc4ccc(F)cc4)C3)no2)cn1. The van der Waals surface area contributed by atoms with Gasteiger partial charge in [0.05, 0.1) is 5.56 Å². The van der Waals surface area contributed by atoms with Crippen molar-refractivity contribution in [3.05, 3.63) is 65.5 Å². The van der Waals surface area contributed by atoms with Gasteiger partial charge in [-0.3, -0.25) is 9.78 Å². The molecule has 1 amide bonds. The van der Waals surface area contributed by atoms with Gasteiger partial charge in [-0.2, -0.15) is 4.98 Å². The lowest BCUT2D eigenvalue weighted by atomic mass is 10.1. The summed E-state index contributed by atoms with van der Waals surface area (Å²) in [6, 6.07) is 9.92. The molecule has 7 heteroatoms. The third-order valence-corrected chi connectivity index (χ3v) is 4.47. The van der Waals surface area contributed by atoms with Crippen molar-refractivity contribution < 1.29 is 13.7 Å². The molecule has 3 heterocycles. The van der Waals surface area contributed by atoms with Crippen LogP contribution in [0.4, 0.5) is 4.39 Å². The van der Waals surface area contributed by atoms with E-state index in [9.17, 15) is 9.18 Å². The van der Waals surface area contributed by atoms with Crippen molar-refractivity contribution in [3.63, 3.8) is 0 Å². The minimum atomic E-state index is -0.288. The first-order chi connectivity index (χ1) is 12.6. The lowest BCUT2D eigenvalue weighted by Gasteiger charge is -2.16. The summed E-state index contributed by atoms with van der Waals surface area (Å²) in [6.07, 6.45) is 2.03. The molecular formula is C19H17FN4O2. The molecule has 0 N–H and O–H groups in total. The fourth-order valence-electron chi connectivity index (χ4n) is 3.02. The number of aromatic nitrogens is 3. The van der Waals surface area contributed by atoms with Crippen molar-refractivity contribution in [2.45, 2.75) is 25.8 Å². The van der Waals surface area contributed by atoms with Crippen LogP contribution in [0.1, 0.15) is 29.4 Å². The number of amides is 1. The smallest absolute Gasteiger partial charge is 0.259 e. The monoisotopic (exact) mass is 352 g/mol. The summed E-state index contributed by atoms with van der Waals surface area (Å²) in [7, 11) is 0. The number of aryl methyl sites for hydroxylation is 1. The molecule has 0 radical (unpaired) electrons. The Balaban J connectivity index is 1.47. The summed E-state index contributed by atoms with van der Waals surface area (Å²) >= 11 is 0. The maximum atomic E-state index is 13.0. The number of carbonyl (C=O) groups excluding carboxylic acids is 1. The lowest BCUT2D eigenvalue weighted by molar-refractivity contribution is -0.128. The maximum absolute atomic E-state index is 13.0. The summed E-state index contributed by atoms with van der Waals surface area (Å²) in [5.41, 5.74) is 2.55. The molecule has 26 heavy (non-hydrogen) atoms. The minimum absolute atomic E-state index is 0.0303. The molecule has 1 aliphatic heterocycles. The minimum Gasteiger partial charge on any atom is -0.338 e. The average molecular weight is 352 g/mol. The van der Waals surface area contributed by atoms with Crippen LogP contribution in [0.15, 0.2) is 47.1 Å². The Morgan fingerprint density at radius 1 is 1.23 bits per heavy atom. The molecule has 3 aromatic rings. The topological polar surface area (TPSA) is 72.1 Å². The van der Waals surface area contributed by atoms with Crippen molar-refractivity contribution in [3.8, 4) is 11.5 Å². The lowest BCUT2D eigenvalue weighted by Crippen LogP contribution is -2.24. The zero-order valence-electron chi connectivity index (χ0n) is 14.2. The number of carbonyl (C=O) groups is 1. The molecule has 132 valence electrons. The summed E-state index contributed by atoms with van der Waals surface area (Å²) in [4.78, 5) is 22.7. The first kappa shape index (κ1) is 16.4. The van der Waals surface area contributed by atoms with E-state index in [1.165, 1.54) is 12.1 Å². The molecule has 0 aliphatic carbocycles. The summed E-state index contributed by atoms with van der Waals surface area (Å²) < 4.78 is 18.3. The van der Waals surface area contributed by atoms with Gasteiger partial charge in [-0.15, -0.1) is 0 Å². The average Bonchev–Trinajstić information content (AvgIpc) is 3.25. The van der Waals surface area contributed by atoms with Crippen LogP contribution in [0.5, 0.6) is 0 Å². The van der Waals surface area contributed by atoms with Gasteiger partial charge in [-0.25, -0.2) is 4.39 Å². The van der Waals surface area contributed by atoms with Crippen LogP contribution in [0, 0.1) is 12.7 Å². The number of nitrogens with zero attached hydrogens (tertiary/aromatic N) is 4. The van der Waals surface area contributed by atoms with E-state index >= 15 is 0 Å².